The Balaban J connectivity index is 2.96. The van der Waals surface area contributed by atoms with Crippen LogP contribution < -0.4 is 10.6 Å². The van der Waals surface area contributed by atoms with Gasteiger partial charge in [-0.05, 0) is 12.1 Å². The van der Waals surface area contributed by atoms with Gasteiger partial charge in [-0.15, -0.1) is 0 Å². The number of benzene rings is 1. The van der Waals surface area contributed by atoms with Crippen molar-refractivity contribution in [1.29, 1.82) is 0 Å². The predicted octanol–water partition coefficient (Wildman–Crippen LogP) is 1.39. The summed E-state index contributed by atoms with van der Waals surface area (Å²) >= 11 is 0. The van der Waals surface area contributed by atoms with Crippen LogP contribution in [0.2, 0.25) is 0 Å². The lowest BCUT2D eigenvalue weighted by molar-refractivity contribution is -0.115. The van der Waals surface area contributed by atoms with Crippen LogP contribution in [0.1, 0.15) is 23.7 Å². The molecule has 1 aromatic rings. The summed E-state index contributed by atoms with van der Waals surface area (Å²) in [4.78, 5) is 22.6. The van der Waals surface area contributed by atoms with Gasteiger partial charge in [-0.2, -0.15) is 0 Å². The van der Waals surface area contributed by atoms with E-state index < -0.39 is 0 Å². The van der Waals surface area contributed by atoms with Crippen molar-refractivity contribution < 1.29 is 9.59 Å². The second kappa shape index (κ2) is 5.14. The quantitative estimate of drug-likeness (QED) is 0.785. The Labute approximate surface area is 88.7 Å². The average Bonchev–Trinajstić information content (AvgIpc) is 2.28. The second-order valence-electron chi connectivity index (χ2n) is 3.03. The highest BCUT2D eigenvalue weighted by Crippen LogP contribution is 2.14. The average molecular weight is 206 g/mol. The molecule has 0 aliphatic heterocycles. The molecule has 0 heterocycles. The molecule has 2 amide bonds. The van der Waals surface area contributed by atoms with Crippen molar-refractivity contribution in [3.63, 3.8) is 0 Å². The third-order valence-corrected chi connectivity index (χ3v) is 1.99. The van der Waals surface area contributed by atoms with Crippen LogP contribution in [0.15, 0.2) is 24.3 Å². The van der Waals surface area contributed by atoms with Crippen molar-refractivity contribution in [2.24, 2.45) is 0 Å². The third kappa shape index (κ3) is 2.80. The van der Waals surface area contributed by atoms with Crippen LogP contribution in [0.3, 0.4) is 0 Å². The van der Waals surface area contributed by atoms with E-state index >= 15 is 0 Å². The fourth-order valence-corrected chi connectivity index (χ4v) is 1.16. The van der Waals surface area contributed by atoms with Crippen LogP contribution in [0.4, 0.5) is 5.69 Å². The standard InChI is InChI=1S/C11H14N2O2/c1-3-10(14)13-9-7-5-4-6-8(9)11(15)12-2/h4-7H,3H2,1-2H3,(H,12,15)(H,13,14). The lowest BCUT2D eigenvalue weighted by atomic mass is 10.1. The minimum atomic E-state index is -0.206. The molecule has 15 heavy (non-hydrogen) atoms. The highest BCUT2D eigenvalue weighted by atomic mass is 16.2. The van der Waals surface area contributed by atoms with Crippen molar-refractivity contribution >= 4 is 17.5 Å². The number of hydrogen-bond acceptors (Lipinski definition) is 2. The highest BCUT2D eigenvalue weighted by molar-refractivity contribution is 6.03. The summed E-state index contributed by atoms with van der Waals surface area (Å²) < 4.78 is 0. The Morgan fingerprint density at radius 3 is 2.53 bits per heavy atom. The lowest BCUT2D eigenvalue weighted by Gasteiger charge is -2.08. The van der Waals surface area contributed by atoms with Crippen LogP contribution in [-0.2, 0) is 4.79 Å². The molecule has 0 saturated carbocycles. The molecule has 0 bridgehead atoms. The Morgan fingerprint density at radius 2 is 1.93 bits per heavy atom. The van der Waals surface area contributed by atoms with Gasteiger partial charge in [-0.1, -0.05) is 19.1 Å². The van der Waals surface area contributed by atoms with E-state index in [9.17, 15) is 9.59 Å². The monoisotopic (exact) mass is 206 g/mol. The normalized spacial score (nSPS) is 9.47. The smallest absolute Gasteiger partial charge is 0.253 e. The number of hydrogen-bond donors (Lipinski definition) is 2. The summed E-state index contributed by atoms with van der Waals surface area (Å²) in [6, 6.07) is 6.91. The molecule has 0 unspecified atom stereocenters. The van der Waals surface area contributed by atoms with Gasteiger partial charge in [0.05, 0.1) is 11.3 Å². The van der Waals surface area contributed by atoms with Crippen LogP contribution in [0.5, 0.6) is 0 Å². The van der Waals surface area contributed by atoms with E-state index in [1.54, 1.807) is 38.2 Å². The van der Waals surface area contributed by atoms with Gasteiger partial charge in [0.25, 0.3) is 5.91 Å². The van der Waals surface area contributed by atoms with Gasteiger partial charge in [0.2, 0.25) is 5.91 Å². The van der Waals surface area contributed by atoms with Gasteiger partial charge in [0.15, 0.2) is 0 Å². The zero-order valence-electron chi connectivity index (χ0n) is 8.83. The molecular weight excluding hydrogens is 192 g/mol. The van der Waals surface area contributed by atoms with E-state index in [-0.39, 0.29) is 11.8 Å². The van der Waals surface area contributed by atoms with Crippen molar-refractivity contribution in [3.8, 4) is 0 Å². The summed E-state index contributed by atoms with van der Waals surface area (Å²) in [6.45, 7) is 1.76. The van der Waals surface area contributed by atoms with Crippen LogP contribution in [0, 0.1) is 0 Å². The second-order valence-corrected chi connectivity index (χ2v) is 3.03. The molecule has 0 atom stereocenters. The molecule has 4 heteroatoms. The molecule has 0 saturated heterocycles. The molecule has 0 radical (unpaired) electrons. The maximum Gasteiger partial charge on any atom is 0.253 e. The van der Waals surface area contributed by atoms with Crippen LogP contribution in [-0.4, -0.2) is 18.9 Å². The molecule has 1 aromatic carbocycles. The number of carbonyl (C=O) groups is 2. The molecule has 4 nitrogen and oxygen atoms in total. The van der Waals surface area contributed by atoms with Gasteiger partial charge in [-0.3, -0.25) is 9.59 Å². The highest BCUT2D eigenvalue weighted by Gasteiger charge is 2.10. The van der Waals surface area contributed by atoms with Gasteiger partial charge >= 0.3 is 0 Å². The van der Waals surface area contributed by atoms with Gasteiger partial charge in [0, 0.05) is 13.5 Å². The molecule has 1 rings (SSSR count). The Bertz CT molecular complexity index is 375. The molecular formula is C11H14N2O2. The number of anilines is 1. The van der Waals surface area contributed by atoms with E-state index in [0.717, 1.165) is 0 Å². The summed E-state index contributed by atoms with van der Waals surface area (Å²) in [5, 5.41) is 5.20. The lowest BCUT2D eigenvalue weighted by Crippen LogP contribution is -2.21. The van der Waals surface area contributed by atoms with Gasteiger partial charge < -0.3 is 10.6 Å². The summed E-state index contributed by atoms with van der Waals surface area (Å²) in [5.41, 5.74) is 1.02. The SMILES string of the molecule is CCC(=O)Nc1ccccc1C(=O)NC. The van der Waals surface area contributed by atoms with E-state index in [0.29, 0.717) is 17.7 Å². The summed E-state index contributed by atoms with van der Waals surface area (Å²) in [6.07, 6.45) is 0.391. The molecule has 0 aliphatic rings. The fourth-order valence-electron chi connectivity index (χ4n) is 1.16. The number of carbonyl (C=O) groups excluding carboxylic acids is 2. The first-order valence-electron chi connectivity index (χ1n) is 4.80. The molecule has 0 aliphatic carbocycles. The predicted molar refractivity (Wildman–Crippen MR) is 58.8 cm³/mol. The van der Waals surface area contributed by atoms with E-state index in [2.05, 4.69) is 10.6 Å². The van der Waals surface area contributed by atoms with Gasteiger partial charge in [-0.25, -0.2) is 0 Å². The Kier molecular flexibility index (Phi) is 3.85. The topological polar surface area (TPSA) is 58.2 Å². The number of para-hydroxylation sites is 1. The van der Waals surface area contributed by atoms with Crippen molar-refractivity contribution in [1.82, 2.24) is 5.32 Å². The zero-order chi connectivity index (χ0) is 11.3. The molecule has 80 valence electrons. The van der Waals surface area contributed by atoms with E-state index in [4.69, 9.17) is 0 Å². The minimum absolute atomic E-state index is 0.105. The number of nitrogens with one attached hydrogen (secondary N) is 2. The Morgan fingerprint density at radius 1 is 1.27 bits per heavy atom. The van der Waals surface area contributed by atoms with Crippen molar-refractivity contribution in [3.05, 3.63) is 29.8 Å². The first-order valence-corrected chi connectivity index (χ1v) is 4.80. The number of rotatable bonds is 3. The summed E-state index contributed by atoms with van der Waals surface area (Å²) in [5.74, 6) is -0.312. The maximum atomic E-state index is 11.4. The first-order chi connectivity index (χ1) is 7.19. The fraction of sp³-hybridized carbons (Fsp3) is 0.273. The first kappa shape index (κ1) is 11.2. The van der Waals surface area contributed by atoms with Crippen molar-refractivity contribution in [2.75, 3.05) is 12.4 Å². The summed E-state index contributed by atoms with van der Waals surface area (Å²) in [7, 11) is 1.56. The molecule has 0 aromatic heterocycles. The largest absolute Gasteiger partial charge is 0.355 e. The molecule has 2 N–H and O–H groups in total. The minimum Gasteiger partial charge on any atom is -0.355 e. The molecule has 0 spiro atoms. The Hall–Kier alpha value is -1.84. The number of amides is 2. The maximum absolute atomic E-state index is 11.4. The third-order valence-electron chi connectivity index (χ3n) is 1.99. The zero-order valence-corrected chi connectivity index (χ0v) is 8.83. The molecule has 0 fully saturated rings. The van der Waals surface area contributed by atoms with Crippen LogP contribution >= 0.6 is 0 Å². The van der Waals surface area contributed by atoms with Crippen molar-refractivity contribution in [2.45, 2.75) is 13.3 Å². The van der Waals surface area contributed by atoms with Gasteiger partial charge in [0.1, 0.15) is 0 Å². The van der Waals surface area contributed by atoms with E-state index in [1.807, 2.05) is 0 Å². The van der Waals surface area contributed by atoms with E-state index in [1.165, 1.54) is 0 Å². The van der Waals surface area contributed by atoms with Crippen LogP contribution in [0.25, 0.3) is 0 Å².